The van der Waals surface area contributed by atoms with Crippen molar-refractivity contribution in [3.63, 3.8) is 0 Å². The molecule has 1 amide bonds. The first-order valence-electron chi connectivity index (χ1n) is 7.50. The second-order valence-corrected chi connectivity index (χ2v) is 6.26. The summed E-state index contributed by atoms with van der Waals surface area (Å²) in [7, 11) is 0. The summed E-state index contributed by atoms with van der Waals surface area (Å²) in [6.45, 7) is 1.91. The quantitative estimate of drug-likeness (QED) is 0.673. The minimum Gasteiger partial charge on any atom is -0.406 e. The number of thiazole rings is 1. The number of carbonyl (C=O) groups is 1. The molecule has 0 atom stereocenters. The molecule has 0 saturated carbocycles. The molecule has 4 nitrogen and oxygen atoms in total. The van der Waals surface area contributed by atoms with Crippen LogP contribution in [0.4, 0.5) is 18.9 Å². The predicted molar refractivity (Wildman–Crippen MR) is 93.4 cm³/mol. The molecule has 0 aliphatic carbocycles. The van der Waals surface area contributed by atoms with Gasteiger partial charge in [0.05, 0.1) is 0 Å². The van der Waals surface area contributed by atoms with Crippen LogP contribution < -0.4 is 10.1 Å². The van der Waals surface area contributed by atoms with Crippen molar-refractivity contribution in [1.29, 1.82) is 0 Å². The van der Waals surface area contributed by atoms with Gasteiger partial charge in [0.15, 0.2) is 0 Å². The van der Waals surface area contributed by atoms with Crippen LogP contribution in [0.1, 0.15) is 16.1 Å². The number of ether oxygens (including phenoxy) is 1. The fraction of sp³-hybridized carbons (Fsp3) is 0.111. The summed E-state index contributed by atoms with van der Waals surface area (Å²) in [5, 5.41) is 5.44. The van der Waals surface area contributed by atoms with Gasteiger partial charge >= 0.3 is 6.36 Å². The van der Waals surface area contributed by atoms with Gasteiger partial charge in [-0.05, 0) is 43.3 Å². The van der Waals surface area contributed by atoms with Gasteiger partial charge in [0.1, 0.15) is 10.8 Å². The molecule has 8 heteroatoms. The van der Waals surface area contributed by atoms with Crippen molar-refractivity contribution in [1.82, 2.24) is 4.98 Å². The van der Waals surface area contributed by atoms with E-state index in [1.807, 2.05) is 12.3 Å². The van der Waals surface area contributed by atoms with Crippen molar-refractivity contribution in [2.75, 3.05) is 5.32 Å². The molecule has 0 saturated heterocycles. The fourth-order valence-electron chi connectivity index (χ4n) is 2.19. The first kappa shape index (κ1) is 17.9. The fourth-order valence-corrected chi connectivity index (χ4v) is 3.00. The molecule has 26 heavy (non-hydrogen) atoms. The van der Waals surface area contributed by atoms with Gasteiger partial charge in [-0.2, -0.15) is 0 Å². The highest BCUT2D eigenvalue weighted by atomic mass is 32.1. The molecule has 0 aliphatic heterocycles. The number of amides is 1. The van der Waals surface area contributed by atoms with Crippen molar-refractivity contribution < 1.29 is 22.7 Å². The SMILES string of the molecule is Cc1csc(-c2ccc(C(=O)Nc3ccc(OC(F)(F)F)cc3)cc2)n1. The largest absolute Gasteiger partial charge is 0.573 e. The molecule has 1 N–H and O–H groups in total. The van der Waals surface area contributed by atoms with Gasteiger partial charge in [-0.25, -0.2) is 4.98 Å². The van der Waals surface area contributed by atoms with Crippen LogP contribution in [0.2, 0.25) is 0 Å². The minimum absolute atomic E-state index is 0.349. The van der Waals surface area contributed by atoms with Gasteiger partial charge < -0.3 is 10.1 Å². The van der Waals surface area contributed by atoms with Crippen LogP contribution >= 0.6 is 11.3 Å². The summed E-state index contributed by atoms with van der Waals surface area (Å²) in [5.41, 5.74) is 2.64. The van der Waals surface area contributed by atoms with E-state index in [0.29, 0.717) is 11.3 Å². The lowest BCUT2D eigenvalue weighted by atomic mass is 10.1. The number of benzene rings is 2. The first-order valence-corrected chi connectivity index (χ1v) is 8.38. The predicted octanol–water partition coefficient (Wildman–Crippen LogP) is 5.27. The van der Waals surface area contributed by atoms with Gasteiger partial charge in [-0.15, -0.1) is 24.5 Å². The third kappa shape index (κ3) is 4.60. The molecule has 0 radical (unpaired) electrons. The molecule has 3 aromatic rings. The third-order valence-electron chi connectivity index (χ3n) is 3.36. The minimum atomic E-state index is -4.75. The van der Waals surface area contributed by atoms with Gasteiger partial charge in [-0.1, -0.05) is 12.1 Å². The molecule has 134 valence electrons. The van der Waals surface area contributed by atoms with Gasteiger partial charge in [-0.3, -0.25) is 4.79 Å². The third-order valence-corrected chi connectivity index (χ3v) is 4.37. The van der Waals surface area contributed by atoms with Crippen molar-refractivity contribution in [2.24, 2.45) is 0 Å². The molecular formula is C18H13F3N2O2S. The van der Waals surface area contributed by atoms with Crippen LogP contribution in [0, 0.1) is 6.92 Å². The van der Waals surface area contributed by atoms with Crippen molar-refractivity contribution in [3.05, 3.63) is 65.2 Å². The van der Waals surface area contributed by atoms with Crippen LogP contribution in [0.25, 0.3) is 10.6 Å². The zero-order chi connectivity index (χ0) is 18.7. The average molecular weight is 378 g/mol. The Morgan fingerprint density at radius 1 is 1.08 bits per heavy atom. The average Bonchev–Trinajstić information content (AvgIpc) is 3.02. The second-order valence-electron chi connectivity index (χ2n) is 5.40. The highest BCUT2D eigenvalue weighted by Gasteiger charge is 2.30. The van der Waals surface area contributed by atoms with Crippen LogP contribution in [-0.2, 0) is 0 Å². The van der Waals surface area contributed by atoms with E-state index in [0.717, 1.165) is 28.4 Å². The molecule has 3 rings (SSSR count). The van der Waals surface area contributed by atoms with Crippen molar-refractivity contribution in [2.45, 2.75) is 13.3 Å². The number of hydrogen-bond donors (Lipinski definition) is 1. The van der Waals surface area contributed by atoms with Gasteiger partial charge in [0.25, 0.3) is 5.91 Å². The number of anilines is 1. The second kappa shape index (κ2) is 7.17. The van der Waals surface area contributed by atoms with Crippen LogP contribution in [0.15, 0.2) is 53.9 Å². The number of nitrogens with one attached hydrogen (secondary N) is 1. The Bertz CT molecular complexity index is 903. The number of nitrogens with zero attached hydrogens (tertiary/aromatic N) is 1. The first-order chi connectivity index (χ1) is 12.3. The summed E-state index contributed by atoms with van der Waals surface area (Å²) in [6.07, 6.45) is -4.75. The summed E-state index contributed by atoms with van der Waals surface area (Å²) in [4.78, 5) is 16.6. The molecule has 0 aliphatic rings. The van der Waals surface area contributed by atoms with E-state index in [9.17, 15) is 18.0 Å². The zero-order valence-corrected chi connectivity index (χ0v) is 14.3. The van der Waals surface area contributed by atoms with E-state index in [2.05, 4.69) is 15.0 Å². The molecule has 2 aromatic carbocycles. The molecule has 1 aromatic heterocycles. The maximum absolute atomic E-state index is 12.2. The Labute approximate surface area is 151 Å². The van der Waals surface area contributed by atoms with Crippen LogP contribution in [0.3, 0.4) is 0 Å². The number of alkyl halides is 3. The lowest BCUT2D eigenvalue weighted by Gasteiger charge is -2.10. The standard InChI is InChI=1S/C18H13F3N2O2S/c1-11-10-26-17(22-11)13-4-2-12(3-5-13)16(24)23-14-6-8-15(9-7-14)25-18(19,20)21/h2-10H,1H3,(H,23,24). The van der Waals surface area contributed by atoms with E-state index < -0.39 is 6.36 Å². The van der Waals surface area contributed by atoms with E-state index in [-0.39, 0.29) is 11.7 Å². The molecule has 0 unspecified atom stereocenters. The summed E-state index contributed by atoms with van der Waals surface area (Å²) in [6, 6.07) is 11.9. The zero-order valence-electron chi connectivity index (χ0n) is 13.5. The van der Waals surface area contributed by atoms with E-state index >= 15 is 0 Å². The van der Waals surface area contributed by atoms with E-state index in [4.69, 9.17) is 0 Å². The topological polar surface area (TPSA) is 51.2 Å². The van der Waals surface area contributed by atoms with E-state index in [1.165, 1.54) is 23.5 Å². The lowest BCUT2D eigenvalue weighted by Crippen LogP contribution is -2.17. The lowest BCUT2D eigenvalue weighted by molar-refractivity contribution is -0.274. The van der Waals surface area contributed by atoms with Crippen LogP contribution in [0.5, 0.6) is 5.75 Å². The van der Waals surface area contributed by atoms with Crippen molar-refractivity contribution >= 4 is 22.9 Å². The Morgan fingerprint density at radius 2 is 1.73 bits per heavy atom. The van der Waals surface area contributed by atoms with Gasteiger partial charge in [0, 0.05) is 27.9 Å². The molecular weight excluding hydrogens is 365 g/mol. The highest BCUT2D eigenvalue weighted by molar-refractivity contribution is 7.13. The summed E-state index contributed by atoms with van der Waals surface area (Å²) < 4.78 is 40.2. The smallest absolute Gasteiger partial charge is 0.406 e. The molecule has 0 spiro atoms. The van der Waals surface area contributed by atoms with E-state index in [1.54, 1.807) is 24.3 Å². The maximum Gasteiger partial charge on any atom is 0.573 e. The Kier molecular flexibility index (Phi) is 4.94. The Balaban J connectivity index is 1.66. The number of aryl methyl sites for hydroxylation is 1. The Hall–Kier alpha value is -2.87. The molecule has 1 heterocycles. The molecule has 0 fully saturated rings. The number of halogens is 3. The summed E-state index contributed by atoms with van der Waals surface area (Å²) >= 11 is 1.52. The maximum atomic E-state index is 12.2. The number of hydrogen-bond acceptors (Lipinski definition) is 4. The molecule has 0 bridgehead atoms. The Morgan fingerprint density at radius 3 is 2.27 bits per heavy atom. The number of carbonyl (C=O) groups excluding carboxylic acids is 1. The van der Waals surface area contributed by atoms with Crippen LogP contribution in [-0.4, -0.2) is 17.3 Å². The summed E-state index contributed by atoms with van der Waals surface area (Å²) in [5.74, 6) is -0.713. The normalized spacial score (nSPS) is 11.2. The van der Waals surface area contributed by atoms with Gasteiger partial charge in [0.2, 0.25) is 0 Å². The highest BCUT2D eigenvalue weighted by Crippen LogP contribution is 2.25. The monoisotopic (exact) mass is 378 g/mol. The number of rotatable bonds is 4. The van der Waals surface area contributed by atoms with Crippen molar-refractivity contribution in [3.8, 4) is 16.3 Å². The number of aromatic nitrogens is 1.